The molecule has 2 heterocycles. The first-order valence-corrected chi connectivity index (χ1v) is 9.20. The van der Waals surface area contributed by atoms with Gasteiger partial charge in [0, 0.05) is 23.8 Å². The Morgan fingerprint density at radius 3 is 2.58 bits per heavy atom. The highest BCUT2D eigenvalue weighted by molar-refractivity contribution is 6.31. The van der Waals surface area contributed by atoms with Gasteiger partial charge < -0.3 is 15.0 Å². The number of halogens is 1. The van der Waals surface area contributed by atoms with Crippen molar-refractivity contribution < 1.29 is 9.53 Å². The van der Waals surface area contributed by atoms with Gasteiger partial charge in [-0.3, -0.25) is 4.79 Å². The summed E-state index contributed by atoms with van der Waals surface area (Å²) in [6.07, 6.45) is 4.70. The van der Waals surface area contributed by atoms with E-state index in [1.54, 1.807) is 31.4 Å². The molecule has 1 fully saturated rings. The molecule has 0 saturated carbocycles. The van der Waals surface area contributed by atoms with E-state index in [0.717, 1.165) is 31.6 Å². The average Bonchev–Trinajstić information content (AvgIpc) is 2.91. The summed E-state index contributed by atoms with van der Waals surface area (Å²) in [7, 11) is 1.55. The zero-order valence-corrected chi connectivity index (χ0v) is 15.8. The second kappa shape index (κ2) is 8.36. The van der Waals surface area contributed by atoms with Gasteiger partial charge in [-0.2, -0.15) is 0 Å². The minimum atomic E-state index is -0.313. The fourth-order valence-corrected chi connectivity index (χ4v) is 3.22. The van der Waals surface area contributed by atoms with Gasteiger partial charge in [-0.05, 0) is 44.0 Å². The zero-order chi connectivity index (χ0) is 18.5. The molecular weight excluding hydrogens is 352 g/mol. The van der Waals surface area contributed by atoms with Crippen molar-refractivity contribution in [2.75, 3.05) is 30.4 Å². The number of aromatic nitrogens is 2. The van der Waals surface area contributed by atoms with Crippen LogP contribution in [0.4, 0.5) is 11.6 Å². The summed E-state index contributed by atoms with van der Waals surface area (Å²) in [5, 5.41) is 3.35. The molecule has 3 rings (SSSR count). The molecule has 26 heavy (non-hydrogen) atoms. The number of hydrogen-bond donors (Lipinski definition) is 1. The van der Waals surface area contributed by atoms with Crippen LogP contribution in [0.3, 0.4) is 0 Å². The number of aryl methyl sites for hydroxylation is 1. The standard InChI is InChI=1S/C19H23ClN4O2/c1-13-11-16(23-19(21-13)24-9-5-3-4-6-10-24)18(25)22-15-12-14(20)7-8-17(15)26-2/h7-8,11-12H,3-6,9-10H2,1-2H3,(H,22,25). The molecule has 1 aliphatic rings. The Morgan fingerprint density at radius 2 is 1.88 bits per heavy atom. The molecule has 0 bridgehead atoms. The van der Waals surface area contributed by atoms with Crippen LogP contribution in [-0.4, -0.2) is 36.1 Å². The van der Waals surface area contributed by atoms with Crippen molar-refractivity contribution in [3.63, 3.8) is 0 Å². The number of benzene rings is 1. The summed E-state index contributed by atoms with van der Waals surface area (Å²) in [5.74, 6) is 0.850. The van der Waals surface area contributed by atoms with E-state index in [1.807, 2.05) is 6.92 Å². The minimum Gasteiger partial charge on any atom is -0.495 e. The lowest BCUT2D eigenvalue weighted by Gasteiger charge is -2.21. The Kier molecular flexibility index (Phi) is 5.93. The highest BCUT2D eigenvalue weighted by atomic mass is 35.5. The van der Waals surface area contributed by atoms with E-state index in [-0.39, 0.29) is 5.91 Å². The SMILES string of the molecule is COc1ccc(Cl)cc1NC(=O)c1cc(C)nc(N2CCCCCC2)n1. The van der Waals surface area contributed by atoms with Crippen LogP contribution < -0.4 is 15.0 Å². The molecule has 0 aliphatic carbocycles. The van der Waals surface area contributed by atoms with Crippen molar-refractivity contribution in [3.8, 4) is 5.75 Å². The first-order valence-electron chi connectivity index (χ1n) is 8.82. The van der Waals surface area contributed by atoms with E-state index in [0.29, 0.717) is 28.1 Å². The molecule has 138 valence electrons. The number of methoxy groups -OCH3 is 1. The maximum absolute atomic E-state index is 12.7. The molecule has 0 radical (unpaired) electrons. The summed E-state index contributed by atoms with van der Waals surface area (Å²) in [4.78, 5) is 23.9. The molecule has 0 atom stereocenters. The Labute approximate surface area is 158 Å². The molecule has 2 aromatic rings. The highest BCUT2D eigenvalue weighted by Crippen LogP contribution is 2.28. The van der Waals surface area contributed by atoms with Crippen molar-refractivity contribution in [2.24, 2.45) is 0 Å². The van der Waals surface area contributed by atoms with Crippen LogP contribution in [0.25, 0.3) is 0 Å². The number of rotatable bonds is 4. The van der Waals surface area contributed by atoms with Gasteiger partial charge in [0.15, 0.2) is 0 Å². The van der Waals surface area contributed by atoms with Gasteiger partial charge in [0.25, 0.3) is 5.91 Å². The van der Waals surface area contributed by atoms with Gasteiger partial charge in [0.2, 0.25) is 5.95 Å². The molecule has 1 aromatic heterocycles. The summed E-state index contributed by atoms with van der Waals surface area (Å²) in [6, 6.07) is 6.77. The van der Waals surface area contributed by atoms with Crippen molar-refractivity contribution in [3.05, 3.63) is 40.7 Å². The molecular formula is C19H23ClN4O2. The second-order valence-corrected chi connectivity index (χ2v) is 6.83. The van der Waals surface area contributed by atoms with Gasteiger partial charge in [-0.25, -0.2) is 9.97 Å². The molecule has 1 saturated heterocycles. The number of nitrogens with zero attached hydrogens (tertiary/aromatic N) is 3. The molecule has 1 amide bonds. The van der Waals surface area contributed by atoms with Gasteiger partial charge in [0.05, 0.1) is 12.8 Å². The third-order valence-corrected chi connectivity index (χ3v) is 4.61. The van der Waals surface area contributed by atoms with Crippen LogP contribution in [0, 0.1) is 6.92 Å². The summed E-state index contributed by atoms with van der Waals surface area (Å²) in [6.45, 7) is 3.72. The van der Waals surface area contributed by atoms with Crippen molar-refractivity contribution in [1.29, 1.82) is 0 Å². The van der Waals surface area contributed by atoms with E-state index >= 15 is 0 Å². The number of carbonyl (C=O) groups excluding carboxylic acids is 1. The monoisotopic (exact) mass is 374 g/mol. The van der Waals surface area contributed by atoms with E-state index in [1.165, 1.54) is 12.8 Å². The van der Waals surface area contributed by atoms with Crippen LogP contribution in [0.15, 0.2) is 24.3 Å². The summed E-state index contributed by atoms with van der Waals surface area (Å²) >= 11 is 6.03. The van der Waals surface area contributed by atoms with E-state index in [9.17, 15) is 4.79 Å². The molecule has 1 aromatic carbocycles. The van der Waals surface area contributed by atoms with Gasteiger partial charge >= 0.3 is 0 Å². The molecule has 0 spiro atoms. The molecule has 6 nitrogen and oxygen atoms in total. The normalized spacial score (nSPS) is 14.7. The fourth-order valence-electron chi connectivity index (χ4n) is 3.05. The summed E-state index contributed by atoms with van der Waals surface area (Å²) in [5.41, 5.74) is 1.61. The first-order chi connectivity index (χ1) is 12.6. The number of hydrogen-bond acceptors (Lipinski definition) is 5. The Balaban J connectivity index is 1.84. The van der Waals surface area contributed by atoms with Crippen molar-refractivity contribution in [1.82, 2.24) is 9.97 Å². The second-order valence-electron chi connectivity index (χ2n) is 6.39. The third kappa shape index (κ3) is 4.43. The predicted molar refractivity (Wildman–Crippen MR) is 103 cm³/mol. The Bertz CT molecular complexity index is 789. The van der Waals surface area contributed by atoms with Crippen LogP contribution in [0.1, 0.15) is 41.9 Å². The van der Waals surface area contributed by atoms with Gasteiger partial charge in [0.1, 0.15) is 11.4 Å². The third-order valence-electron chi connectivity index (χ3n) is 4.37. The predicted octanol–water partition coefficient (Wildman–Crippen LogP) is 4.08. The topological polar surface area (TPSA) is 67.3 Å². The molecule has 1 aliphatic heterocycles. The van der Waals surface area contributed by atoms with Crippen LogP contribution in [-0.2, 0) is 0 Å². The quantitative estimate of drug-likeness (QED) is 0.873. The van der Waals surface area contributed by atoms with Crippen molar-refractivity contribution >= 4 is 29.1 Å². The van der Waals surface area contributed by atoms with Crippen molar-refractivity contribution in [2.45, 2.75) is 32.6 Å². The highest BCUT2D eigenvalue weighted by Gasteiger charge is 2.17. The van der Waals surface area contributed by atoms with Gasteiger partial charge in [-0.1, -0.05) is 24.4 Å². The molecule has 1 N–H and O–H groups in total. The van der Waals surface area contributed by atoms with E-state index < -0.39 is 0 Å². The lowest BCUT2D eigenvalue weighted by molar-refractivity contribution is 0.102. The molecule has 0 unspecified atom stereocenters. The Hall–Kier alpha value is -2.34. The van der Waals surface area contributed by atoms with Gasteiger partial charge in [-0.15, -0.1) is 0 Å². The summed E-state index contributed by atoms with van der Waals surface area (Å²) < 4.78 is 5.28. The number of carbonyl (C=O) groups is 1. The number of ether oxygens (including phenoxy) is 1. The maximum Gasteiger partial charge on any atom is 0.274 e. The van der Waals surface area contributed by atoms with Crippen LogP contribution in [0.5, 0.6) is 5.75 Å². The number of amides is 1. The number of anilines is 2. The van der Waals surface area contributed by atoms with E-state index in [2.05, 4.69) is 20.2 Å². The Morgan fingerprint density at radius 1 is 1.15 bits per heavy atom. The average molecular weight is 375 g/mol. The van der Waals surface area contributed by atoms with Crippen LogP contribution in [0.2, 0.25) is 5.02 Å². The fraction of sp³-hybridized carbons (Fsp3) is 0.421. The zero-order valence-electron chi connectivity index (χ0n) is 15.1. The minimum absolute atomic E-state index is 0.313. The lowest BCUT2D eigenvalue weighted by atomic mass is 10.2. The molecule has 7 heteroatoms. The van der Waals surface area contributed by atoms with E-state index in [4.69, 9.17) is 16.3 Å². The maximum atomic E-state index is 12.7. The largest absolute Gasteiger partial charge is 0.495 e. The first kappa shape index (κ1) is 18.5. The smallest absolute Gasteiger partial charge is 0.274 e. The lowest BCUT2D eigenvalue weighted by Crippen LogP contribution is -2.27. The number of nitrogens with one attached hydrogen (secondary N) is 1. The van der Waals surface area contributed by atoms with Crippen LogP contribution >= 0.6 is 11.6 Å².